The fourth-order valence-corrected chi connectivity index (χ4v) is 3.34. The van der Waals surface area contributed by atoms with E-state index in [2.05, 4.69) is 10.3 Å². The average Bonchev–Trinajstić information content (AvgIpc) is 3.14. The number of nitrogens with one attached hydrogen (secondary N) is 1. The van der Waals surface area contributed by atoms with Gasteiger partial charge in [0, 0.05) is 24.0 Å². The van der Waals surface area contributed by atoms with Gasteiger partial charge >= 0.3 is 6.03 Å². The Kier molecular flexibility index (Phi) is 5.51. The number of hydrogen-bond acceptors (Lipinski definition) is 3. The van der Waals surface area contributed by atoms with Gasteiger partial charge in [-0.1, -0.05) is 19.3 Å². The molecule has 0 unspecified atom stereocenters. The molecule has 1 fully saturated rings. The first-order chi connectivity index (χ1) is 11.7. The number of amides is 2. The topological polar surface area (TPSA) is 58.4 Å². The third-order valence-corrected chi connectivity index (χ3v) is 4.76. The lowest BCUT2D eigenvalue weighted by molar-refractivity contribution is 0.148. The van der Waals surface area contributed by atoms with Crippen LogP contribution in [0.3, 0.4) is 0 Å². The summed E-state index contributed by atoms with van der Waals surface area (Å²) in [5.41, 5.74) is 2.09. The molecule has 3 rings (SSSR count). The summed E-state index contributed by atoms with van der Waals surface area (Å²) in [4.78, 5) is 18.9. The van der Waals surface area contributed by atoms with E-state index >= 15 is 0 Å². The highest BCUT2D eigenvalue weighted by Crippen LogP contribution is 2.25. The second-order valence-electron chi connectivity index (χ2n) is 6.50. The second kappa shape index (κ2) is 7.99. The number of carbonyl (C=O) groups excluding carboxylic acids is 1. The Balaban J connectivity index is 1.70. The van der Waals surface area contributed by atoms with E-state index in [1.165, 1.54) is 19.3 Å². The van der Waals surface area contributed by atoms with Gasteiger partial charge in [0.05, 0.1) is 25.1 Å². The Bertz CT molecular complexity index is 621. The predicted molar refractivity (Wildman–Crippen MR) is 92.3 cm³/mol. The van der Waals surface area contributed by atoms with Gasteiger partial charge in [-0.3, -0.25) is 4.98 Å². The van der Waals surface area contributed by atoms with E-state index in [1.54, 1.807) is 24.9 Å². The molecule has 2 heterocycles. The minimum atomic E-state index is -0.0454. The molecule has 0 aliphatic heterocycles. The first-order valence-corrected chi connectivity index (χ1v) is 8.72. The van der Waals surface area contributed by atoms with Gasteiger partial charge in [-0.2, -0.15) is 0 Å². The maximum absolute atomic E-state index is 12.9. The molecule has 1 atom stereocenters. The van der Waals surface area contributed by atoms with Crippen LogP contribution in [0.5, 0.6) is 0 Å². The first-order valence-electron chi connectivity index (χ1n) is 8.72. The minimum Gasteiger partial charge on any atom is -0.472 e. The van der Waals surface area contributed by atoms with E-state index in [4.69, 9.17) is 4.42 Å². The summed E-state index contributed by atoms with van der Waals surface area (Å²) in [6.45, 7) is 2.60. The van der Waals surface area contributed by atoms with Gasteiger partial charge < -0.3 is 14.6 Å². The zero-order valence-electron chi connectivity index (χ0n) is 14.1. The number of carbonyl (C=O) groups is 1. The Morgan fingerprint density at radius 1 is 1.29 bits per heavy atom. The molecule has 5 heteroatoms. The average molecular weight is 327 g/mol. The fourth-order valence-electron chi connectivity index (χ4n) is 3.34. The van der Waals surface area contributed by atoms with Crippen molar-refractivity contribution >= 4 is 6.03 Å². The molecule has 0 radical (unpaired) electrons. The Morgan fingerprint density at radius 3 is 2.71 bits per heavy atom. The van der Waals surface area contributed by atoms with Crippen LogP contribution in [0.2, 0.25) is 0 Å². The Labute approximate surface area is 143 Å². The van der Waals surface area contributed by atoms with E-state index in [9.17, 15) is 4.79 Å². The van der Waals surface area contributed by atoms with Crippen molar-refractivity contribution in [2.45, 2.75) is 57.7 Å². The minimum absolute atomic E-state index is 0.00703. The molecule has 0 saturated heterocycles. The van der Waals surface area contributed by atoms with Crippen LogP contribution in [0, 0.1) is 0 Å². The molecule has 0 aromatic carbocycles. The maximum atomic E-state index is 12.9. The summed E-state index contributed by atoms with van der Waals surface area (Å²) in [7, 11) is 0. The molecule has 1 saturated carbocycles. The molecule has 24 heavy (non-hydrogen) atoms. The molecule has 5 nitrogen and oxygen atoms in total. The van der Waals surface area contributed by atoms with Crippen LogP contribution in [0.15, 0.2) is 47.5 Å². The van der Waals surface area contributed by atoms with Crippen LogP contribution in [0.25, 0.3) is 0 Å². The molecule has 128 valence electrons. The molecule has 0 spiro atoms. The Morgan fingerprint density at radius 2 is 2.04 bits per heavy atom. The van der Waals surface area contributed by atoms with E-state index in [1.807, 2.05) is 30.0 Å². The highest BCUT2D eigenvalue weighted by atomic mass is 16.3. The van der Waals surface area contributed by atoms with E-state index in [0.717, 1.165) is 24.0 Å². The van der Waals surface area contributed by atoms with Crippen molar-refractivity contribution in [1.82, 2.24) is 15.2 Å². The van der Waals surface area contributed by atoms with Gasteiger partial charge in [-0.15, -0.1) is 0 Å². The van der Waals surface area contributed by atoms with Gasteiger partial charge in [-0.25, -0.2) is 4.79 Å². The van der Waals surface area contributed by atoms with Crippen molar-refractivity contribution in [3.05, 3.63) is 54.2 Å². The van der Waals surface area contributed by atoms with Gasteiger partial charge in [0.25, 0.3) is 0 Å². The molecule has 2 amide bonds. The van der Waals surface area contributed by atoms with Crippen LogP contribution in [-0.4, -0.2) is 22.0 Å². The maximum Gasteiger partial charge on any atom is 0.318 e. The number of furan rings is 1. The molecular formula is C19H25N3O2. The van der Waals surface area contributed by atoms with Crippen LogP contribution >= 0.6 is 0 Å². The Hall–Kier alpha value is -2.30. The van der Waals surface area contributed by atoms with Crippen molar-refractivity contribution in [2.24, 2.45) is 0 Å². The van der Waals surface area contributed by atoms with Crippen LogP contribution in [-0.2, 0) is 6.54 Å². The predicted octanol–water partition coefficient (Wildman–Crippen LogP) is 4.28. The highest BCUT2D eigenvalue weighted by Gasteiger charge is 2.26. The largest absolute Gasteiger partial charge is 0.472 e. The lowest BCUT2D eigenvalue weighted by atomic mass is 9.94. The van der Waals surface area contributed by atoms with Gasteiger partial charge in [-0.05, 0) is 43.5 Å². The van der Waals surface area contributed by atoms with Gasteiger partial charge in [0.15, 0.2) is 0 Å². The second-order valence-corrected chi connectivity index (χ2v) is 6.50. The smallest absolute Gasteiger partial charge is 0.318 e. The lowest BCUT2D eigenvalue weighted by Crippen LogP contribution is -2.47. The number of nitrogens with zero attached hydrogens (tertiary/aromatic N) is 2. The molecule has 1 aliphatic carbocycles. The van der Waals surface area contributed by atoms with Crippen molar-refractivity contribution in [2.75, 3.05) is 0 Å². The molecule has 2 aromatic heterocycles. The van der Waals surface area contributed by atoms with Crippen molar-refractivity contribution in [3.63, 3.8) is 0 Å². The van der Waals surface area contributed by atoms with Gasteiger partial charge in [0.2, 0.25) is 0 Å². The SMILES string of the molecule is C[C@H](NC(=O)N(Cc1ccoc1)C1CCCCC1)c1ccncc1. The summed E-state index contributed by atoms with van der Waals surface area (Å²) >= 11 is 0. The number of pyridine rings is 1. The zero-order valence-corrected chi connectivity index (χ0v) is 14.1. The molecule has 2 aromatic rings. The van der Waals surface area contributed by atoms with Crippen molar-refractivity contribution in [1.29, 1.82) is 0 Å². The molecule has 0 bridgehead atoms. The first kappa shape index (κ1) is 16.6. The summed E-state index contributed by atoms with van der Waals surface area (Å²) < 4.78 is 5.17. The standard InChI is InChI=1S/C19H25N3O2/c1-15(17-7-10-20-11-8-17)21-19(23)22(13-16-9-12-24-14-16)18-5-3-2-4-6-18/h7-12,14-15,18H,2-6,13H2,1H3,(H,21,23)/t15-/m0/s1. The quantitative estimate of drug-likeness (QED) is 0.891. The van der Waals surface area contributed by atoms with E-state index in [0.29, 0.717) is 12.6 Å². The molecule has 1 aliphatic rings. The normalized spacial score (nSPS) is 16.5. The number of urea groups is 1. The number of rotatable bonds is 5. The summed E-state index contributed by atoms with van der Waals surface area (Å²) in [5, 5.41) is 3.13. The van der Waals surface area contributed by atoms with E-state index in [-0.39, 0.29) is 12.1 Å². The highest BCUT2D eigenvalue weighted by molar-refractivity contribution is 5.75. The monoisotopic (exact) mass is 327 g/mol. The summed E-state index contributed by atoms with van der Waals surface area (Å²) in [5.74, 6) is 0. The lowest BCUT2D eigenvalue weighted by Gasteiger charge is -2.35. The molecular weight excluding hydrogens is 302 g/mol. The number of aromatic nitrogens is 1. The van der Waals surface area contributed by atoms with Crippen molar-refractivity contribution in [3.8, 4) is 0 Å². The zero-order chi connectivity index (χ0) is 16.8. The van der Waals surface area contributed by atoms with E-state index < -0.39 is 0 Å². The van der Waals surface area contributed by atoms with Crippen LogP contribution < -0.4 is 5.32 Å². The third-order valence-electron chi connectivity index (χ3n) is 4.76. The van der Waals surface area contributed by atoms with Crippen molar-refractivity contribution < 1.29 is 9.21 Å². The summed E-state index contributed by atoms with van der Waals surface area (Å²) in [6.07, 6.45) is 12.7. The third kappa shape index (κ3) is 4.16. The van der Waals surface area contributed by atoms with Crippen LogP contribution in [0.1, 0.15) is 56.2 Å². The van der Waals surface area contributed by atoms with Gasteiger partial charge in [0.1, 0.15) is 0 Å². The van der Waals surface area contributed by atoms with Crippen LogP contribution in [0.4, 0.5) is 4.79 Å². The fraction of sp³-hybridized carbons (Fsp3) is 0.474. The molecule has 1 N–H and O–H groups in total. The number of hydrogen-bond donors (Lipinski definition) is 1. The summed E-state index contributed by atoms with van der Waals surface area (Å²) in [6, 6.07) is 6.05.